The van der Waals surface area contributed by atoms with Crippen molar-refractivity contribution in [2.24, 2.45) is 0 Å². The molecule has 0 unspecified atom stereocenters. The summed E-state index contributed by atoms with van der Waals surface area (Å²) in [5.74, 6) is -0.811. The summed E-state index contributed by atoms with van der Waals surface area (Å²) in [6.07, 6.45) is 0. The van der Waals surface area contributed by atoms with Crippen molar-refractivity contribution in [1.29, 1.82) is 0 Å². The first kappa shape index (κ1) is 16.1. The molecule has 0 atom stereocenters. The summed E-state index contributed by atoms with van der Waals surface area (Å²) in [4.78, 5) is 12.2. The molecule has 0 radical (unpaired) electrons. The lowest BCUT2D eigenvalue weighted by atomic mass is 10.1. The van der Waals surface area contributed by atoms with E-state index in [1.165, 1.54) is 24.8 Å². The number of Topliss-reactive ketones (excluding diaryl/α,β-unsaturated/α-hetero) is 1. The fraction of sp³-hybridized carbons (Fsp3) is 0.133. The number of aromatic hydroxyl groups is 1. The Hall–Kier alpha value is -1.23. The molecule has 2 rings (SSSR count). The third-order valence-electron chi connectivity index (χ3n) is 2.82. The van der Waals surface area contributed by atoms with Crippen molar-refractivity contribution in [3.8, 4) is 5.75 Å². The molecule has 0 spiro atoms. The molecule has 21 heavy (non-hydrogen) atoms. The van der Waals surface area contributed by atoms with E-state index in [-0.39, 0.29) is 17.1 Å². The molecule has 0 aliphatic heterocycles. The molecule has 2 aromatic carbocycles. The number of halogens is 3. The Morgan fingerprint density at radius 3 is 2.57 bits per heavy atom. The van der Waals surface area contributed by atoms with Gasteiger partial charge in [-0.05, 0) is 37.3 Å². The van der Waals surface area contributed by atoms with Crippen LogP contribution in [0.5, 0.6) is 5.75 Å². The highest BCUT2D eigenvalue weighted by Crippen LogP contribution is 2.33. The summed E-state index contributed by atoms with van der Waals surface area (Å²) >= 11 is 13.1. The molecule has 0 bridgehead atoms. The van der Waals surface area contributed by atoms with Crippen LogP contribution < -0.4 is 0 Å². The zero-order valence-corrected chi connectivity index (χ0v) is 13.3. The molecule has 0 amide bonds. The minimum absolute atomic E-state index is 0.0141. The van der Waals surface area contributed by atoms with Gasteiger partial charge in [-0.1, -0.05) is 23.2 Å². The highest BCUT2D eigenvalue weighted by molar-refractivity contribution is 7.98. The van der Waals surface area contributed by atoms with Crippen molar-refractivity contribution < 1.29 is 14.3 Å². The predicted octanol–water partition coefficient (Wildman–Crippen LogP) is 5.33. The number of carbonyl (C=O) groups is 1. The standard InChI is InChI=1S/C15H11Cl2FO2S/c1-8(19)12-5-10(18)4-9(15(12)20)7-21-11-2-3-13(16)14(17)6-11/h2-6,20H,7H2,1H3. The number of ketones is 1. The maximum Gasteiger partial charge on any atom is 0.163 e. The quantitative estimate of drug-likeness (QED) is 0.601. The topological polar surface area (TPSA) is 37.3 Å². The number of thioether (sulfide) groups is 1. The van der Waals surface area contributed by atoms with Gasteiger partial charge in [-0.15, -0.1) is 11.8 Å². The fourth-order valence-electron chi connectivity index (χ4n) is 1.76. The van der Waals surface area contributed by atoms with E-state index in [2.05, 4.69) is 0 Å². The van der Waals surface area contributed by atoms with Crippen LogP contribution in [0.15, 0.2) is 35.2 Å². The van der Waals surface area contributed by atoms with Gasteiger partial charge in [0.1, 0.15) is 11.6 Å². The molecule has 0 aliphatic carbocycles. The van der Waals surface area contributed by atoms with Gasteiger partial charge in [0, 0.05) is 16.2 Å². The Balaban J connectivity index is 2.23. The monoisotopic (exact) mass is 344 g/mol. The van der Waals surface area contributed by atoms with Gasteiger partial charge in [-0.2, -0.15) is 0 Å². The molecule has 0 aromatic heterocycles. The summed E-state index contributed by atoms with van der Waals surface area (Å²) < 4.78 is 13.5. The maximum absolute atomic E-state index is 13.5. The van der Waals surface area contributed by atoms with Gasteiger partial charge in [-0.25, -0.2) is 4.39 Å². The first-order chi connectivity index (χ1) is 9.88. The largest absolute Gasteiger partial charge is 0.507 e. The van der Waals surface area contributed by atoms with Crippen LogP contribution in [0.2, 0.25) is 10.0 Å². The first-order valence-electron chi connectivity index (χ1n) is 5.98. The van der Waals surface area contributed by atoms with Crippen molar-refractivity contribution in [3.63, 3.8) is 0 Å². The normalized spacial score (nSPS) is 10.7. The van der Waals surface area contributed by atoms with E-state index in [0.717, 1.165) is 11.0 Å². The minimum atomic E-state index is -0.553. The van der Waals surface area contributed by atoms with Crippen molar-refractivity contribution in [3.05, 3.63) is 57.3 Å². The van der Waals surface area contributed by atoms with Gasteiger partial charge in [0.15, 0.2) is 5.78 Å². The van der Waals surface area contributed by atoms with Crippen molar-refractivity contribution in [2.45, 2.75) is 17.6 Å². The van der Waals surface area contributed by atoms with Crippen LogP contribution in [0.4, 0.5) is 4.39 Å². The second-order valence-corrected chi connectivity index (χ2v) is 6.25. The molecule has 0 saturated carbocycles. The SMILES string of the molecule is CC(=O)c1cc(F)cc(CSc2ccc(Cl)c(Cl)c2)c1O. The molecule has 2 nitrogen and oxygen atoms in total. The summed E-state index contributed by atoms with van der Waals surface area (Å²) in [5.41, 5.74) is 0.344. The number of benzene rings is 2. The molecular formula is C15H11Cl2FO2S. The Bertz CT molecular complexity index is 704. The molecule has 0 aliphatic rings. The number of phenolic OH excluding ortho intramolecular Hbond substituents is 1. The van der Waals surface area contributed by atoms with Gasteiger partial charge in [0.2, 0.25) is 0 Å². The average Bonchev–Trinajstić information content (AvgIpc) is 2.42. The van der Waals surface area contributed by atoms with E-state index in [1.54, 1.807) is 18.2 Å². The third-order valence-corrected chi connectivity index (χ3v) is 4.60. The van der Waals surface area contributed by atoms with Crippen LogP contribution in [0.25, 0.3) is 0 Å². The van der Waals surface area contributed by atoms with Crippen molar-refractivity contribution >= 4 is 40.7 Å². The van der Waals surface area contributed by atoms with E-state index in [4.69, 9.17) is 23.2 Å². The Morgan fingerprint density at radius 2 is 1.95 bits per heavy atom. The van der Waals surface area contributed by atoms with E-state index in [9.17, 15) is 14.3 Å². The zero-order valence-electron chi connectivity index (χ0n) is 11.0. The smallest absolute Gasteiger partial charge is 0.163 e. The summed E-state index contributed by atoms with van der Waals surface area (Å²) in [7, 11) is 0. The lowest BCUT2D eigenvalue weighted by molar-refractivity contribution is 0.101. The van der Waals surface area contributed by atoms with Gasteiger partial charge in [0.05, 0.1) is 15.6 Å². The fourth-order valence-corrected chi connectivity index (χ4v) is 3.03. The molecule has 110 valence electrons. The average molecular weight is 345 g/mol. The number of phenols is 1. The van der Waals surface area contributed by atoms with Crippen molar-refractivity contribution in [2.75, 3.05) is 0 Å². The van der Waals surface area contributed by atoms with Crippen LogP contribution in [0.1, 0.15) is 22.8 Å². The lowest BCUT2D eigenvalue weighted by Crippen LogP contribution is -1.97. The Labute approximate surface area is 135 Å². The highest BCUT2D eigenvalue weighted by atomic mass is 35.5. The minimum Gasteiger partial charge on any atom is -0.507 e. The number of hydrogen-bond acceptors (Lipinski definition) is 3. The molecule has 6 heteroatoms. The molecule has 0 saturated heterocycles. The highest BCUT2D eigenvalue weighted by Gasteiger charge is 2.14. The van der Waals surface area contributed by atoms with Gasteiger partial charge >= 0.3 is 0 Å². The Morgan fingerprint density at radius 1 is 1.24 bits per heavy atom. The molecule has 0 fully saturated rings. The van der Waals surface area contributed by atoms with E-state index < -0.39 is 5.82 Å². The van der Waals surface area contributed by atoms with Gasteiger partial charge in [0.25, 0.3) is 0 Å². The van der Waals surface area contributed by atoms with Crippen molar-refractivity contribution in [1.82, 2.24) is 0 Å². The number of hydrogen-bond donors (Lipinski definition) is 1. The first-order valence-corrected chi connectivity index (χ1v) is 7.73. The summed E-state index contributed by atoms with van der Waals surface area (Å²) in [5, 5.41) is 10.9. The van der Waals surface area contributed by atoms with E-state index >= 15 is 0 Å². The van der Waals surface area contributed by atoms with Crippen LogP contribution in [0, 0.1) is 5.82 Å². The molecule has 1 N–H and O–H groups in total. The van der Waals surface area contributed by atoms with Crippen LogP contribution in [-0.2, 0) is 5.75 Å². The maximum atomic E-state index is 13.5. The van der Waals surface area contributed by atoms with Crippen LogP contribution in [0.3, 0.4) is 0 Å². The van der Waals surface area contributed by atoms with Crippen LogP contribution >= 0.6 is 35.0 Å². The van der Waals surface area contributed by atoms with Gasteiger partial charge in [-0.3, -0.25) is 4.79 Å². The molecule has 2 aromatic rings. The molecule has 0 heterocycles. The van der Waals surface area contributed by atoms with Crippen LogP contribution in [-0.4, -0.2) is 10.9 Å². The van der Waals surface area contributed by atoms with Gasteiger partial charge < -0.3 is 5.11 Å². The lowest BCUT2D eigenvalue weighted by Gasteiger charge is -2.09. The van der Waals surface area contributed by atoms with E-state index in [1.807, 2.05) is 0 Å². The summed E-state index contributed by atoms with van der Waals surface area (Å²) in [6, 6.07) is 7.38. The Kier molecular flexibility index (Phi) is 5.14. The zero-order chi connectivity index (χ0) is 15.6. The summed E-state index contributed by atoms with van der Waals surface area (Å²) in [6.45, 7) is 1.28. The van der Waals surface area contributed by atoms with E-state index in [0.29, 0.717) is 21.4 Å². The second-order valence-electron chi connectivity index (χ2n) is 4.38. The number of carbonyl (C=O) groups excluding carboxylic acids is 1. The second kappa shape index (κ2) is 6.69. The number of rotatable bonds is 4. The molecular weight excluding hydrogens is 334 g/mol. The third kappa shape index (κ3) is 3.90. The predicted molar refractivity (Wildman–Crippen MR) is 84.1 cm³/mol.